The van der Waals surface area contributed by atoms with Gasteiger partial charge >= 0.3 is 0 Å². The fourth-order valence-corrected chi connectivity index (χ4v) is 2.68. The monoisotopic (exact) mass is 237 g/mol. The van der Waals surface area contributed by atoms with Gasteiger partial charge in [0.25, 0.3) is 0 Å². The Morgan fingerprint density at radius 2 is 2.24 bits per heavy atom. The Bertz CT molecular complexity index is 414. The van der Waals surface area contributed by atoms with Crippen molar-refractivity contribution in [1.82, 2.24) is 9.88 Å². The Kier molecular flexibility index (Phi) is 2.72. The number of halogens is 1. The Morgan fingerprint density at radius 1 is 1.35 bits per heavy atom. The number of rotatable bonds is 1. The van der Waals surface area contributed by atoms with Crippen LogP contribution in [0.25, 0.3) is 0 Å². The summed E-state index contributed by atoms with van der Waals surface area (Å²) in [5.74, 6) is -0.281. The summed E-state index contributed by atoms with van der Waals surface area (Å²) in [6.45, 7) is 3.43. The number of anilines is 1. The molecular formula is C12H16FN3O. The summed E-state index contributed by atoms with van der Waals surface area (Å²) in [5, 5.41) is 0. The quantitative estimate of drug-likeness (QED) is 0.720. The minimum atomic E-state index is -0.281. The first-order valence-corrected chi connectivity index (χ1v) is 5.90. The van der Waals surface area contributed by atoms with Crippen LogP contribution in [0.5, 0.6) is 0 Å². The van der Waals surface area contributed by atoms with E-state index in [9.17, 15) is 4.39 Å². The molecule has 0 amide bonds. The van der Waals surface area contributed by atoms with Gasteiger partial charge in [-0.1, -0.05) is 0 Å². The average Bonchev–Trinajstić information content (AvgIpc) is 2.57. The van der Waals surface area contributed by atoms with Gasteiger partial charge in [-0.05, 0) is 7.05 Å². The Hall–Kier alpha value is -1.20. The maximum Gasteiger partial charge on any atom is 0.143 e. The van der Waals surface area contributed by atoms with Crippen LogP contribution in [0.3, 0.4) is 0 Å². The van der Waals surface area contributed by atoms with E-state index in [0.717, 1.165) is 25.3 Å². The lowest BCUT2D eigenvalue weighted by Gasteiger charge is -2.37. The molecule has 2 atom stereocenters. The van der Waals surface area contributed by atoms with Crippen LogP contribution in [0.4, 0.5) is 10.1 Å². The Balaban J connectivity index is 1.88. The normalized spacial score (nSPS) is 29.4. The summed E-state index contributed by atoms with van der Waals surface area (Å²) in [6.07, 6.45) is 3.17. The lowest BCUT2D eigenvalue weighted by molar-refractivity contribution is 0.0347. The summed E-state index contributed by atoms with van der Waals surface area (Å²) in [4.78, 5) is 8.41. The van der Waals surface area contributed by atoms with Crippen molar-refractivity contribution in [1.29, 1.82) is 0 Å². The standard InChI is InChI=1S/C12H16FN3O/c1-15-5-11-8-17-12(6-15)7-16(11)10-2-9(13)3-14-4-10/h2-4,11-12H,5-8H2,1H3. The van der Waals surface area contributed by atoms with Crippen LogP contribution in [0.15, 0.2) is 18.5 Å². The van der Waals surface area contributed by atoms with E-state index in [0.29, 0.717) is 12.6 Å². The molecule has 2 unspecified atom stereocenters. The van der Waals surface area contributed by atoms with Gasteiger partial charge in [-0.15, -0.1) is 0 Å². The third-order valence-corrected chi connectivity index (χ3v) is 3.43. The van der Waals surface area contributed by atoms with E-state index < -0.39 is 0 Å². The highest BCUT2D eigenvalue weighted by Gasteiger charge is 2.34. The van der Waals surface area contributed by atoms with Crippen molar-refractivity contribution < 1.29 is 9.13 Å². The topological polar surface area (TPSA) is 28.6 Å². The van der Waals surface area contributed by atoms with E-state index in [1.165, 1.54) is 6.20 Å². The van der Waals surface area contributed by atoms with Crippen LogP contribution in [0.2, 0.25) is 0 Å². The van der Waals surface area contributed by atoms with E-state index in [2.05, 4.69) is 21.8 Å². The maximum atomic E-state index is 13.2. The van der Waals surface area contributed by atoms with Crippen molar-refractivity contribution in [2.75, 3.05) is 38.2 Å². The molecule has 1 aromatic rings. The van der Waals surface area contributed by atoms with Crippen LogP contribution in [0.1, 0.15) is 0 Å². The number of likely N-dealkylation sites (N-methyl/N-ethyl adjacent to an activating group) is 1. The molecule has 3 aliphatic rings. The van der Waals surface area contributed by atoms with E-state index in [1.54, 1.807) is 12.3 Å². The van der Waals surface area contributed by atoms with E-state index in [1.807, 2.05) is 0 Å². The smallest absolute Gasteiger partial charge is 0.143 e. The van der Waals surface area contributed by atoms with Crippen molar-refractivity contribution in [3.63, 3.8) is 0 Å². The van der Waals surface area contributed by atoms with Crippen molar-refractivity contribution in [2.24, 2.45) is 0 Å². The molecule has 3 aliphatic heterocycles. The molecular weight excluding hydrogens is 221 g/mol. The molecule has 4 heterocycles. The van der Waals surface area contributed by atoms with Gasteiger partial charge in [0, 0.05) is 25.7 Å². The second kappa shape index (κ2) is 4.23. The fourth-order valence-electron chi connectivity index (χ4n) is 2.68. The first-order chi connectivity index (χ1) is 8.22. The van der Waals surface area contributed by atoms with Crippen molar-refractivity contribution in [2.45, 2.75) is 12.1 Å². The molecule has 4 nitrogen and oxygen atoms in total. The minimum absolute atomic E-state index is 0.210. The van der Waals surface area contributed by atoms with Crippen LogP contribution >= 0.6 is 0 Å². The Labute approximate surface area is 100.0 Å². The molecule has 92 valence electrons. The van der Waals surface area contributed by atoms with Crippen LogP contribution in [-0.4, -0.2) is 55.3 Å². The molecule has 2 bridgehead atoms. The van der Waals surface area contributed by atoms with Gasteiger partial charge in [0.15, 0.2) is 0 Å². The highest BCUT2D eigenvalue weighted by molar-refractivity contribution is 5.46. The highest BCUT2D eigenvalue weighted by atomic mass is 19.1. The molecule has 0 aliphatic carbocycles. The molecule has 0 spiro atoms. The summed E-state index contributed by atoms with van der Waals surface area (Å²) >= 11 is 0. The van der Waals surface area contributed by atoms with E-state index >= 15 is 0 Å². The van der Waals surface area contributed by atoms with Gasteiger partial charge in [-0.25, -0.2) is 4.39 Å². The third-order valence-electron chi connectivity index (χ3n) is 3.43. The molecule has 3 fully saturated rings. The minimum Gasteiger partial charge on any atom is -0.373 e. The lowest BCUT2D eigenvalue weighted by atomic mass is 10.2. The summed E-state index contributed by atoms with van der Waals surface area (Å²) in [5.41, 5.74) is 0.860. The van der Waals surface area contributed by atoms with Crippen LogP contribution < -0.4 is 4.90 Å². The number of hydrogen-bond acceptors (Lipinski definition) is 4. The zero-order valence-electron chi connectivity index (χ0n) is 9.84. The summed E-state index contributed by atoms with van der Waals surface area (Å²) in [6, 6.07) is 1.84. The molecule has 3 saturated heterocycles. The second-order valence-electron chi connectivity index (χ2n) is 4.84. The van der Waals surface area contributed by atoms with Gasteiger partial charge in [0.1, 0.15) is 5.82 Å². The second-order valence-corrected chi connectivity index (χ2v) is 4.84. The predicted octanol–water partition coefficient (Wildman–Crippen LogP) is 0.740. The zero-order chi connectivity index (χ0) is 11.8. The molecule has 0 N–H and O–H groups in total. The first-order valence-electron chi connectivity index (χ1n) is 5.90. The van der Waals surface area contributed by atoms with Crippen LogP contribution in [0, 0.1) is 5.82 Å². The molecule has 0 saturated carbocycles. The van der Waals surface area contributed by atoms with E-state index in [-0.39, 0.29) is 11.9 Å². The number of nitrogens with zero attached hydrogens (tertiary/aromatic N) is 3. The van der Waals surface area contributed by atoms with Gasteiger partial charge in [-0.2, -0.15) is 0 Å². The fraction of sp³-hybridized carbons (Fsp3) is 0.583. The number of fused-ring (bicyclic) bond motifs is 4. The van der Waals surface area contributed by atoms with Crippen LogP contribution in [-0.2, 0) is 4.74 Å². The SMILES string of the molecule is CN1CC2CN(c3cncc(F)c3)C(CO2)C1. The van der Waals surface area contributed by atoms with Gasteiger partial charge in [-0.3, -0.25) is 4.98 Å². The average molecular weight is 237 g/mol. The molecule has 0 aromatic carbocycles. The van der Waals surface area contributed by atoms with E-state index in [4.69, 9.17) is 4.74 Å². The number of pyridine rings is 1. The summed E-state index contributed by atoms with van der Waals surface area (Å²) in [7, 11) is 2.10. The third kappa shape index (κ3) is 2.12. The van der Waals surface area contributed by atoms with Crippen molar-refractivity contribution >= 4 is 5.69 Å². The molecule has 0 radical (unpaired) electrons. The predicted molar refractivity (Wildman–Crippen MR) is 62.6 cm³/mol. The molecule has 17 heavy (non-hydrogen) atoms. The largest absolute Gasteiger partial charge is 0.373 e. The zero-order valence-corrected chi connectivity index (χ0v) is 9.84. The van der Waals surface area contributed by atoms with Gasteiger partial charge < -0.3 is 14.5 Å². The Morgan fingerprint density at radius 3 is 3.06 bits per heavy atom. The summed E-state index contributed by atoms with van der Waals surface area (Å²) < 4.78 is 19.0. The first kappa shape index (κ1) is 10.9. The molecule has 4 rings (SSSR count). The number of hydrogen-bond donors (Lipinski definition) is 0. The highest BCUT2D eigenvalue weighted by Crippen LogP contribution is 2.25. The molecule has 5 heteroatoms. The number of ether oxygens (including phenoxy) is 1. The van der Waals surface area contributed by atoms with Gasteiger partial charge in [0.2, 0.25) is 0 Å². The van der Waals surface area contributed by atoms with Crippen molar-refractivity contribution in [3.8, 4) is 0 Å². The number of aromatic nitrogens is 1. The van der Waals surface area contributed by atoms with Gasteiger partial charge in [0.05, 0.1) is 36.8 Å². The lowest BCUT2D eigenvalue weighted by Crippen LogP contribution is -2.49. The number of morpholine rings is 1. The maximum absolute atomic E-state index is 13.2. The van der Waals surface area contributed by atoms with Crippen molar-refractivity contribution in [3.05, 3.63) is 24.3 Å². The molecule has 1 aromatic heterocycles.